The van der Waals surface area contributed by atoms with E-state index in [1.165, 1.54) is 29.2 Å². The van der Waals surface area contributed by atoms with Crippen molar-refractivity contribution >= 4 is 17.4 Å². The van der Waals surface area contributed by atoms with Crippen molar-refractivity contribution in [2.45, 2.75) is 33.2 Å². The third-order valence-electron chi connectivity index (χ3n) is 5.49. The van der Waals surface area contributed by atoms with E-state index in [2.05, 4.69) is 13.8 Å². The zero-order chi connectivity index (χ0) is 24.1. The standard InChI is InChI=1S/C26H30FNO5/c1-16(2)15-33-21-11-8-19(14-17(21)3)24(29)22-23(18-6-9-20(27)10-7-18)28(12-5-13-32-4)26(31)25(22)30/h6-11,14,16,23,29H,5,12-13,15H2,1-4H3. The van der Waals surface area contributed by atoms with E-state index in [0.29, 0.717) is 42.4 Å². The number of hydrogen-bond acceptors (Lipinski definition) is 5. The van der Waals surface area contributed by atoms with Gasteiger partial charge in [0.05, 0.1) is 18.2 Å². The molecule has 0 bridgehead atoms. The molecule has 6 nitrogen and oxygen atoms in total. The van der Waals surface area contributed by atoms with Gasteiger partial charge in [0.2, 0.25) is 0 Å². The molecular weight excluding hydrogens is 425 g/mol. The van der Waals surface area contributed by atoms with Crippen LogP contribution in [0.15, 0.2) is 48.0 Å². The molecule has 1 heterocycles. The van der Waals surface area contributed by atoms with Crippen molar-refractivity contribution in [3.63, 3.8) is 0 Å². The predicted molar refractivity (Wildman–Crippen MR) is 123 cm³/mol. The lowest BCUT2D eigenvalue weighted by molar-refractivity contribution is -0.140. The van der Waals surface area contributed by atoms with E-state index in [1.54, 1.807) is 25.3 Å². The van der Waals surface area contributed by atoms with Gasteiger partial charge in [0.25, 0.3) is 11.7 Å². The Morgan fingerprint density at radius 3 is 2.45 bits per heavy atom. The second-order valence-electron chi connectivity index (χ2n) is 8.58. The summed E-state index contributed by atoms with van der Waals surface area (Å²) in [6, 6.07) is 9.91. The monoisotopic (exact) mass is 455 g/mol. The fraction of sp³-hybridized carbons (Fsp3) is 0.385. The van der Waals surface area contributed by atoms with Gasteiger partial charge < -0.3 is 19.5 Å². The first-order chi connectivity index (χ1) is 15.7. The number of nitrogens with zero attached hydrogens (tertiary/aromatic N) is 1. The number of halogens is 1. The molecule has 1 amide bonds. The number of hydrogen-bond donors (Lipinski definition) is 1. The van der Waals surface area contributed by atoms with E-state index >= 15 is 0 Å². The average Bonchev–Trinajstić information content (AvgIpc) is 3.03. The van der Waals surface area contributed by atoms with Crippen LogP contribution < -0.4 is 4.74 Å². The highest BCUT2D eigenvalue weighted by molar-refractivity contribution is 6.46. The maximum Gasteiger partial charge on any atom is 0.295 e. The molecule has 1 aliphatic rings. The van der Waals surface area contributed by atoms with Crippen molar-refractivity contribution in [1.82, 2.24) is 4.90 Å². The average molecular weight is 456 g/mol. The predicted octanol–water partition coefficient (Wildman–Crippen LogP) is 4.63. The van der Waals surface area contributed by atoms with E-state index in [0.717, 1.165) is 5.56 Å². The van der Waals surface area contributed by atoms with Crippen LogP contribution in [-0.4, -0.2) is 48.6 Å². The largest absolute Gasteiger partial charge is 0.507 e. The molecule has 7 heteroatoms. The first-order valence-corrected chi connectivity index (χ1v) is 11.0. The molecule has 1 fully saturated rings. The lowest BCUT2D eigenvalue weighted by Crippen LogP contribution is -2.31. The number of aryl methyl sites for hydroxylation is 1. The van der Waals surface area contributed by atoms with Crippen LogP contribution in [0.5, 0.6) is 5.75 Å². The molecule has 2 aromatic carbocycles. The lowest BCUT2D eigenvalue weighted by atomic mass is 9.94. The summed E-state index contributed by atoms with van der Waals surface area (Å²) < 4.78 is 24.4. The molecule has 1 aliphatic heterocycles. The summed E-state index contributed by atoms with van der Waals surface area (Å²) in [7, 11) is 1.56. The van der Waals surface area contributed by atoms with Gasteiger partial charge in [0, 0.05) is 25.8 Å². The van der Waals surface area contributed by atoms with Gasteiger partial charge in [-0.15, -0.1) is 0 Å². The molecule has 1 saturated heterocycles. The van der Waals surface area contributed by atoms with E-state index in [4.69, 9.17) is 9.47 Å². The SMILES string of the molecule is COCCCN1C(=O)C(=O)C(=C(O)c2ccc(OCC(C)C)c(C)c2)C1c1ccc(F)cc1. The Hall–Kier alpha value is -3.19. The molecule has 0 spiro atoms. The van der Waals surface area contributed by atoms with Crippen LogP contribution in [0.3, 0.4) is 0 Å². The van der Waals surface area contributed by atoms with Gasteiger partial charge in [-0.1, -0.05) is 26.0 Å². The smallest absolute Gasteiger partial charge is 0.295 e. The van der Waals surface area contributed by atoms with Crippen molar-refractivity contribution in [3.05, 3.63) is 70.5 Å². The Kier molecular flexibility index (Phi) is 7.87. The minimum Gasteiger partial charge on any atom is -0.507 e. The Bertz CT molecular complexity index is 1050. The van der Waals surface area contributed by atoms with Crippen molar-refractivity contribution in [2.24, 2.45) is 5.92 Å². The molecule has 1 unspecified atom stereocenters. The fourth-order valence-corrected chi connectivity index (χ4v) is 3.85. The quantitative estimate of drug-likeness (QED) is 0.258. The van der Waals surface area contributed by atoms with Gasteiger partial charge in [-0.2, -0.15) is 0 Å². The van der Waals surface area contributed by atoms with Crippen LogP contribution in [0.4, 0.5) is 4.39 Å². The number of benzene rings is 2. The molecule has 1 atom stereocenters. The number of carbonyl (C=O) groups is 2. The zero-order valence-electron chi connectivity index (χ0n) is 19.4. The van der Waals surface area contributed by atoms with E-state index in [-0.39, 0.29) is 17.9 Å². The molecule has 3 rings (SSSR count). The number of methoxy groups -OCH3 is 1. The molecule has 1 N–H and O–H groups in total. The Morgan fingerprint density at radius 2 is 1.85 bits per heavy atom. The van der Waals surface area contributed by atoms with Gasteiger partial charge in [0.15, 0.2) is 0 Å². The van der Waals surface area contributed by atoms with Crippen molar-refractivity contribution < 1.29 is 28.6 Å². The molecule has 0 aromatic heterocycles. The normalized spacial score (nSPS) is 17.8. The summed E-state index contributed by atoms with van der Waals surface area (Å²) in [5.74, 6) is -1.11. The van der Waals surface area contributed by atoms with Crippen LogP contribution in [0, 0.1) is 18.7 Å². The number of aliphatic hydroxyl groups excluding tert-OH is 1. The number of rotatable bonds is 9. The van der Waals surface area contributed by atoms with Gasteiger partial charge >= 0.3 is 0 Å². The fourth-order valence-electron chi connectivity index (χ4n) is 3.85. The maximum atomic E-state index is 13.6. The van der Waals surface area contributed by atoms with Crippen molar-refractivity contribution in [3.8, 4) is 5.75 Å². The lowest BCUT2D eigenvalue weighted by Gasteiger charge is -2.25. The Morgan fingerprint density at radius 1 is 1.15 bits per heavy atom. The molecule has 0 radical (unpaired) electrons. The summed E-state index contributed by atoms with van der Waals surface area (Å²) in [5, 5.41) is 11.2. The first kappa shape index (κ1) is 24.5. The minimum absolute atomic E-state index is 0.0146. The van der Waals surface area contributed by atoms with Crippen molar-refractivity contribution in [1.29, 1.82) is 0 Å². The Balaban J connectivity index is 2.04. The minimum atomic E-state index is -0.820. The number of Topliss-reactive ketones (excluding diaryl/α,β-unsaturated/α-hetero) is 1. The van der Waals surface area contributed by atoms with Crippen LogP contribution in [0.1, 0.15) is 43.0 Å². The van der Waals surface area contributed by atoms with E-state index < -0.39 is 23.5 Å². The molecule has 0 saturated carbocycles. The van der Waals surface area contributed by atoms with E-state index in [9.17, 15) is 19.1 Å². The van der Waals surface area contributed by atoms with Crippen LogP contribution in [-0.2, 0) is 14.3 Å². The van der Waals surface area contributed by atoms with Crippen LogP contribution in [0.25, 0.3) is 5.76 Å². The summed E-state index contributed by atoms with van der Waals surface area (Å²) in [6.07, 6.45) is 0.516. The number of likely N-dealkylation sites (tertiary alicyclic amines) is 1. The summed E-state index contributed by atoms with van der Waals surface area (Å²) in [6.45, 7) is 7.19. The molecular formula is C26H30FNO5. The summed E-state index contributed by atoms with van der Waals surface area (Å²) in [4.78, 5) is 27.3. The molecule has 2 aromatic rings. The number of aliphatic hydroxyl groups is 1. The molecule has 176 valence electrons. The number of carbonyl (C=O) groups excluding carboxylic acids is 2. The molecule has 33 heavy (non-hydrogen) atoms. The highest BCUT2D eigenvalue weighted by atomic mass is 19.1. The maximum absolute atomic E-state index is 13.6. The van der Waals surface area contributed by atoms with Gasteiger partial charge in [-0.05, 0) is 60.7 Å². The highest BCUT2D eigenvalue weighted by Crippen LogP contribution is 2.40. The van der Waals surface area contributed by atoms with Gasteiger partial charge in [-0.3, -0.25) is 9.59 Å². The second kappa shape index (κ2) is 10.6. The third kappa shape index (κ3) is 5.42. The summed E-state index contributed by atoms with van der Waals surface area (Å²) in [5.41, 5.74) is 1.74. The van der Waals surface area contributed by atoms with Gasteiger partial charge in [-0.25, -0.2) is 4.39 Å². The summed E-state index contributed by atoms with van der Waals surface area (Å²) >= 11 is 0. The van der Waals surface area contributed by atoms with Crippen LogP contribution in [0.2, 0.25) is 0 Å². The zero-order valence-corrected chi connectivity index (χ0v) is 19.4. The third-order valence-corrected chi connectivity index (χ3v) is 5.49. The number of ketones is 1. The topological polar surface area (TPSA) is 76.1 Å². The van der Waals surface area contributed by atoms with Crippen molar-refractivity contribution in [2.75, 3.05) is 26.9 Å². The number of amides is 1. The number of ether oxygens (including phenoxy) is 2. The van der Waals surface area contributed by atoms with E-state index in [1.807, 2.05) is 6.92 Å². The second-order valence-corrected chi connectivity index (χ2v) is 8.58. The van der Waals surface area contributed by atoms with Gasteiger partial charge in [0.1, 0.15) is 17.3 Å². The first-order valence-electron chi connectivity index (χ1n) is 11.0. The Labute approximate surface area is 193 Å². The van der Waals surface area contributed by atoms with Crippen LogP contribution >= 0.6 is 0 Å². The highest BCUT2D eigenvalue weighted by Gasteiger charge is 2.45. The molecule has 0 aliphatic carbocycles.